The first-order valence-corrected chi connectivity index (χ1v) is 27.2. The van der Waals surface area contributed by atoms with Gasteiger partial charge in [0.15, 0.2) is 0 Å². The molecule has 0 bridgehead atoms. The molecule has 0 aromatic heterocycles. The van der Waals surface area contributed by atoms with Gasteiger partial charge in [0, 0.05) is 0 Å². The zero-order valence-corrected chi connectivity index (χ0v) is 28.2. The Morgan fingerprint density at radius 2 is 0.424 bits per heavy atom. The van der Waals surface area contributed by atoms with Gasteiger partial charge in [0.1, 0.15) is 0 Å². The van der Waals surface area contributed by atoms with Gasteiger partial charge in [0.25, 0.3) is 0 Å². The summed E-state index contributed by atoms with van der Waals surface area (Å²) in [6, 6.07) is 0. The summed E-state index contributed by atoms with van der Waals surface area (Å²) >= 11 is -2.12. The zero-order valence-electron chi connectivity index (χ0n) is 24.3. The fourth-order valence-corrected chi connectivity index (χ4v) is 27.3. The molecule has 0 saturated heterocycles. The van der Waals surface area contributed by atoms with Crippen molar-refractivity contribution in [3.05, 3.63) is 0 Å². The van der Waals surface area contributed by atoms with Crippen LogP contribution in [0.15, 0.2) is 0 Å². The summed E-state index contributed by atoms with van der Waals surface area (Å²) in [5.74, 6) is 0. The molecule has 0 N–H and O–H groups in total. The van der Waals surface area contributed by atoms with Gasteiger partial charge < -0.3 is 0 Å². The van der Waals surface area contributed by atoms with Gasteiger partial charge in [-0.25, -0.2) is 0 Å². The molecule has 0 amide bonds. The van der Waals surface area contributed by atoms with E-state index in [4.69, 9.17) is 0 Å². The average molecular weight is 660 g/mol. The molecule has 0 aromatic rings. The van der Waals surface area contributed by atoms with Gasteiger partial charge in [-0.15, -0.1) is 0 Å². The molecule has 0 aromatic carbocycles. The summed E-state index contributed by atoms with van der Waals surface area (Å²) in [5, 5.41) is 0. The van der Waals surface area contributed by atoms with Gasteiger partial charge in [0.05, 0.1) is 0 Å². The molecule has 0 radical (unpaired) electrons. The van der Waals surface area contributed by atoms with E-state index in [1.807, 2.05) is 0 Å². The van der Waals surface area contributed by atoms with Crippen molar-refractivity contribution >= 4 is 21.2 Å². The third-order valence-electron chi connectivity index (χ3n) is 8.24. The van der Waals surface area contributed by atoms with Crippen molar-refractivity contribution < 1.29 is 0 Å². The van der Waals surface area contributed by atoms with Gasteiger partial charge in [-0.1, -0.05) is 0 Å². The number of hydrogen-bond donors (Lipinski definition) is 0. The predicted octanol–water partition coefficient (Wildman–Crippen LogP) is 12.9. The molecule has 0 aliphatic rings. The number of hydrogen-bond acceptors (Lipinski definition) is 0. The molecule has 1 heteroatoms. The van der Waals surface area contributed by atoms with Crippen molar-refractivity contribution in [2.75, 3.05) is 0 Å². The van der Waals surface area contributed by atoms with E-state index in [9.17, 15) is 0 Å². The molecule has 0 spiro atoms. The second kappa shape index (κ2) is 27.5. The Hall–Kier alpha value is 0.922. The van der Waals surface area contributed by atoms with Crippen molar-refractivity contribution in [1.29, 1.82) is 0 Å². The summed E-state index contributed by atoms with van der Waals surface area (Å²) in [4.78, 5) is 0. The van der Waals surface area contributed by atoms with Gasteiger partial charge in [-0.3, -0.25) is 0 Å². The van der Waals surface area contributed by atoms with Crippen LogP contribution in [0, 0.1) is 0 Å². The molecule has 0 rings (SSSR count). The SMILES string of the molecule is CCCCCCC[CH2][Pb]([CH2]CCCCCCC)([CH2]CCCCCCC)[CH2]CCCCCCC. The van der Waals surface area contributed by atoms with Crippen molar-refractivity contribution in [2.24, 2.45) is 0 Å². The second-order valence-electron chi connectivity index (χ2n) is 11.6. The van der Waals surface area contributed by atoms with Crippen LogP contribution in [0.1, 0.15) is 182 Å². The molecule has 33 heavy (non-hydrogen) atoms. The monoisotopic (exact) mass is 661 g/mol. The third-order valence-corrected chi connectivity index (χ3v) is 30.2. The molecule has 0 atom stereocenters. The van der Waals surface area contributed by atoms with E-state index in [1.165, 1.54) is 103 Å². The van der Waals surface area contributed by atoms with Crippen molar-refractivity contribution in [2.45, 2.75) is 198 Å². The summed E-state index contributed by atoms with van der Waals surface area (Å²) in [7, 11) is 0. The van der Waals surface area contributed by atoms with Crippen LogP contribution in [0.2, 0.25) is 15.9 Å². The van der Waals surface area contributed by atoms with Crippen molar-refractivity contribution in [3.8, 4) is 0 Å². The van der Waals surface area contributed by atoms with Crippen LogP contribution in [-0.2, 0) is 0 Å². The first-order valence-electron chi connectivity index (χ1n) is 16.2. The second-order valence-corrected chi connectivity index (χ2v) is 31.0. The predicted molar refractivity (Wildman–Crippen MR) is 158 cm³/mol. The first-order chi connectivity index (χ1) is 16.2. The minimum absolute atomic E-state index is 1.39. The maximum atomic E-state index is 2.35. The van der Waals surface area contributed by atoms with E-state index in [2.05, 4.69) is 27.7 Å². The summed E-state index contributed by atoms with van der Waals surface area (Å²) in [6.07, 6.45) is 36.0. The van der Waals surface area contributed by atoms with Gasteiger partial charge in [-0.05, 0) is 0 Å². The Balaban J connectivity index is 4.74. The van der Waals surface area contributed by atoms with Crippen LogP contribution in [0.5, 0.6) is 0 Å². The normalized spacial score (nSPS) is 12.0. The Bertz CT molecular complexity index is 281. The number of unbranched alkanes of at least 4 members (excludes halogenated alkanes) is 20. The van der Waals surface area contributed by atoms with Gasteiger partial charge in [-0.2, -0.15) is 0 Å². The van der Waals surface area contributed by atoms with Crippen LogP contribution < -0.4 is 0 Å². The average Bonchev–Trinajstić information content (AvgIpc) is 2.83. The fraction of sp³-hybridized carbons (Fsp3) is 1.00. The molecule has 0 aliphatic carbocycles. The first kappa shape index (κ1) is 33.9. The molecule has 0 unspecified atom stereocenters. The van der Waals surface area contributed by atoms with E-state index in [0.29, 0.717) is 0 Å². The van der Waals surface area contributed by atoms with Crippen LogP contribution in [0.25, 0.3) is 0 Å². The van der Waals surface area contributed by atoms with E-state index < -0.39 is 21.2 Å². The minimum atomic E-state index is -2.12. The topological polar surface area (TPSA) is 0 Å². The van der Waals surface area contributed by atoms with Crippen LogP contribution >= 0.6 is 0 Å². The van der Waals surface area contributed by atoms with E-state index in [0.717, 1.165) is 0 Å². The molecule has 0 nitrogen and oxygen atoms in total. The molecule has 0 fully saturated rings. The molecule has 0 heterocycles. The molecular weight excluding hydrogens is 592 g/mol. The van der Waals surface area contributed by atoms with E-state index in [-0.39, 0.29) is 0 Å². The number of rotatable bonds is 28. The molecule has 0 aliphatic heterocycles. The van der Waals surface area contributed by atoms with Crippen molar-refractivity contribution in [1.82, 2.24) is 0 Å². The zero-order chi connectivity index (χ0) is 24.3. The van der Waals surface area contributed by atoms with E-state index >= 15 is 0 Å². The van der Waals surface area contributed by atoms with Crippen LogP contribution in [0.4, 0.5) is 0 Å². The van der Waals surface area contributed by atoms with Gasteiger partial charge >= 0.3 is 219 Å². The Kier molecular flexibility index (Phi) is 28.3. The molecule has 0 saturated carbocycles. The quantitative estimate of drug-likeness (QED) is 0.0579. The standard InChI is InChI=1S/4C8H17.Pb/c4*1-3-5-7-8-6-4-2;/h4*1,3-8H2,2H3;. The fourth-order valence-electron chi connectivity index (χ4n) is 5.87. The molecule has 200 valence electrons. The summed E-state index contributed by atoms with van der Waals surface area (Å²) in [5.41, 5.74) is 0. The Morgan fingerprint density at radius 3 is 0.636 bits per heavy atom. The van der Waals surface area contributed by atoms with Gasteiger partial charge in [0.2, 0.25) is 0 Å². The van der Waals surface area contributed by atoms with Crippen LogP contribution in [0.3, 0.4) is 0 Å². The third kappa shape index (κ3) is 23.1. The summed E-state index contributed by atoms with van der Waals surface area (Å²) < 4.78 is 7.05. The van der Waals surface area contributed by atoms with Crippen molar-refractivity contribution in [3.63, 3.8) is 0 Å². The Morgan fingerprint density at radius 1 is 0.242 bits per heavy atom. The summed E-state index contributed by atoms with van der Waals surface area (Å²) in [6.45, 7) is 9.40. The van der Waals surface area contributed by atoms with E-state index in [1.54, 1.807) is 67.3 Å². The molecular formula is C32H68Pb. The Labute approximate surface area is 217 Å². The maximum absolute atomic E-state index is 2.35. The van der Waals surface area contributed by atoms with Crippen LogP contribution in [-0.4, -0.2) is 21.2 Å².